The predicted molar refractivity (Wildman–Crippen MR) is 59.9 cm³/mol. The molecule has 7 nitrogen and oxygen atoms in total. The third kappa shape index (κ3) is 2.36. The smallest absolute Gasteiger partial charge is 0.282 e. The molecule has 8 heteroatoms. The highest BCUT2D eigenvalue weighted by Gasteiger charge is 2.19. The molecule has 0 fully saturated rings. The van der Waals surface area contributed by atoms with E-state index in [1.807, 2.05) is 0 Å². The maximum absolute atomic E-state index is 11.8. The lowest BCUT2D eigenvalue weighted by Gasteiger charge is -2.05. The Morgan fingerprint density at radius 2 is 2.18 bits per heavy atom. The maximum atomic E-state index is 11.8. The number of aromatic nitrogens is 3. The third-order valence-electron chi connectivity index (χ3n) is 1.97. The van der Waals surface area contributed by atoms with Crippen molar-refractivity contribution in [1.29, 1.82) is 0 Å². The molecule has 2 N–H and O–H groups in total. The standard InChI is InChI=1S/C9H10N4O3S/c1-13-5-8(11-6-13)17(15,16)12-9-7(14)3-2-4-10-9/h2-6,14H,1H3,(H,10,12). The van der Waals surface area contributed by atoms with Crippen molar-refractivity contribution in [3.05, 3.63) is 30.9 Å². The molecule has 0 bridgehead atoms. The van der Waals surface area contributed by atoms with Crippen molar-refractivity contribution >= 4 is 15.8 Å². The normalized spacial score (nSPS) is 11.4. The van der Waals surface area contributed by atoms with Crippen LogP contribution in [-0.4, -0.2) is 28.1 Å². The van der Waals surface area contributed by atoms with Crippen LogP contribution in [0.15, 0.2) is 35.9 Å². The molecular formula is C9H10N4O3S. The molecule has 0 amide bonds. The van der Waals surface area contributed by atoms with Gasteiger partial charge in [-0.3, -0.25) is 4.72 Å². The SMILES string of the molecule is Cn1cnc(S(=O)(=O)Nc2ncccc2O)c1. The number of rotatable bonds is 3. The average molecular weight is 254 g/mol. The minimum atomic E-state index is -3.82. The Labute approximate surface area is 97.8 Å². The van der Waals surface area contributed by atoms with Crippen molar-refractivity contribution in [2.75, 3.05) is 4.72 Å². The van der Waals surface area contributed by atoms with Crippen LogP contribution in [0.3, 0.4) is 0 Å². The van der Waals surface area contributed by atoms with Gasteiger partial charge in [0.1, 0.15) is 0 Å². The molecule has 90 valence electrons. The number of aromatic hydroxyl groups is 1. The highest BCUT2D eigenvalue weighted by atomic mass is 32.2. The lowest BCUT2D eigenvalue weighted by atomic mass is 10.4. The van der Waals surface area contributed by atoms with E-state index in [1.165, 1.54) is 35.4 Å². The molecule has 0 spiro atoms. The minimum absolute atomic E-state index is 0.127. The summed E-state index contributed by atoms with van der Waals surface area (Å²) in [5.74, 6) is -0.370. The Morgan fingerprint density at radius 1 is 1.41 bits per heavy atom. The second kappa shape index (κ2) is 4.06. The summed E-state index contributed by atoms with van der Waals surface area (Å²) in [5.41, 5.74) is 0. The van der Waals surface area contributed by atoms with Gasteiger partial charge in [-0.2, -0.15) is 8.42 Å². The lowest BCUT2D eigenvalue weighted by molar-refractivity contribution is 0.475. The molecule has 0 radical (unpaired) electrons. The first-order valence-corrected chi connectivity index (χ1v) is 6.12. The summed E-state index contributed by atoms with van der Waals surface area (Å²) >= 11 is 0. The molecule has 0 aromatic carbocycles. The second-order valence-corrected chi connectivity index (χ2v) is 4.98. The Kier molecular flexibility index (Phi) is 2.72. The van der Waals surface area contributed by atoms with Gasteiger partial charge in [0.25, 0.3) is 10.0 Å². The fourth-order valence-corrected chi connectivity index (χ4v) is 2.19. The monoisotopic (exact) mass is 254 g/mol. The van der Waals surface area contributed by atoms with Gasteiger partial charge in [-0.05, 0) is 12.1 Å². The van der Waals surface area contributed by atoms with Gasteiger partial charge in [-0.15, -0.1) is 0 Å². The van der Waals surface area contributed by atoms with Gasteiger partial charge in [0.05, 0.1) is 6.33 Å². The van der Waals surface area contributed by atoms with E-state index in [0.29, 0.717) is 0 Å². The highest BCUT2D eigenvalue weighted by Crippen LogP contribution is 2.21. The molecule has 0 aliphatic carbocycles. The van der Waals surface area contributed by atoms with Crippen molar-refractivity contribution in [2.45, 2.75) is 5.03 Å². The molecule has 0 atom stereocenters. The number of anilines is 1. The summed E-state index contributed by atoms with van der Waals surface area (Å²) in [6.07, 6.45) is 4.09. The quantitative estimate of drug-likeness (QED) is 0.822. The fourth-order valence-electron chi connectivity index (χ4n) is 1.18. The first kappa shape index (κ1) is 11.4. The molecule has 2 heterocycles. The molecule has 2 aromatic heterocycles. The second-order valence-electron chi connectivity index (χ2n) is 3.35. The van der Waals surface area contributed by atoms with Crippen molar-refractivity contribution in [1.82, 2.24) is 14.5 Å². The van der Waals surface area contributed by atoms with Crippen LogP contribution < -0.4 is 4.72 Å². The van der Waals surface area contributed by atoms with Crippen LogP contribution in [0.4, 0.5) is 5.82 Å². The third-order valence-corrected chi connectivity index (χ3v) is 3.20. The number of nitrogens with zero attached hydrogens (tertiary/aromatic N) is 3. The van der Waals surface area contributed by atoms with E-state index in [4.69, 9.17) is 0 Å². The van der Waals surface area contributed by atoms with Gasteiger partial charge in [-0.25, -0.2) is 9.97 Å². The largest absolute Gasteiger partial charge is 0.504 e. The topological polar surface area (TPSA) is 97.1 Å². The fraction of sp³-hybridized carbons (Fsp3) is 0.111. The summed E-state index contributed by atoms with van der Waals surface area (Å²) in [5, 5.41) is 9.28. The van der Waals surface area contributed by atoms with Gasteiger partial charge < -0.3 is 9.67 Å². The number of aryl methyl sites for hydroxylation is 1. The molecule has 2 aromatic rings. The molecular weight excluding hydrogens is 244 g/mol. The molecule has 0 saturated heterocycles. The zero-order chi connectivity index (χ0) is 12.5. The van der Waals surface area contributed by atoms with Crippen LogP contribution >= 0.6 is 0 Å². The Hall–Kier alpha value is -2.09. The summed E-state index contributed by atoms with van der Waals surface area (Å²) in [6.45, 7) is 0. The van der Waals surface area contributed by atoms with E-state index in [0.717, 1.165) is 0 Å². The molecule has 17 heavy (non-hydrogen) atoms. The molecule has 2 rings (SSSR count). The maximum Gasteiger partial charge on any atom is 0.282 e. The molecule has 0 aliphatic heterocycles. The number of nitrogens with one attached hydrogen (secondary N) is 1. The number of hydrogen-bond donors (Lipinski definition) is 2. The first-order chi connectivity index (χ1) is 7.99. The Balaban J connectivity index is 2.33. The van der Waals surface area contributed by atoms with E-state index in [2.05, 4.69) is 14.7 Å². The van der Waals surface area contributed by atoms with Crippen LogP contribution in [0.2, 0.25) is 0 Å². The van der Waals surface area contributed by atoms with Gasteiger partial charge in [-0.1, -0.05) is 0 Å². The van der Waals surface area contributed by atoms with Gasteiger partial charge >= 0.3 is 0 Å². The van der Waals surface area contributed by atoms with E-state index in [9.17, 15) is 13.5 Å². The van der Waals surface area contributed by atoms with Crippen LogP contribution in [0.25, 0.3) is 0 Å². The Bertz CT molecular complexity index is 635. The van der Waals surface area contributed by atoms with Crippen molar-refractivity contribution in [3.63, 3.8) is 0 Å². The summed E-state index contributed by atoms with van der Waals surface area (Å²) < 4.78 is 27.3. The zero-order valence-corrected chi connectivity index (χ0v) is 9.72. The van der Waals surface area contributed by atoms with Crippen LogP contribution in [0, 0.1) is 0 Å². The van der Waals surface area contributed by atoms with E-state index in [1.54, 1.807) is 7.05 Å². The van der Waals surface area contributed by atoms with Gasteiger partial charge in [0.2, 0.25) is 0 Å². The van der Waals surface area contributed by atoms with Crippen molar-refractivity contribution in [3.8, 4) is 5.75 Å². The first-order valence-electron chi connectivity index (χ1n) is 4.64. The van der Waals surface area contributed by atoms with Crippen LogP contribution in [0.1, 0.15) is 0 Å². The van der Waals surface area contributed by atoms with E-state index in [-0.39, 0.29) is 16.6 Å². The lowest BCUT2D eigenvalue weighted by Crippen LogP contribution is -2.14. The predicted octanol–water partition coefficient (Wildman–Crippen LogP) is 0.321. The summed E-state index contributed by atoms with van der Waals surface area (Å²) in [4.78, 5) is 7.44. The minimum Gasteiger partial charge on any atom is -0.504 e. The summed E-state index contributed by atoms with van der Waals surface area (Å²) in [7, 11) is -2.16. The number of hydrogen-bond acceptors (Lipinski definition) is 5. The molecule has 0 saturated carbocycles. The van der Waals surface area contributed by atoms with Gasteiger partial charge in [0, 0.05) is 19.4 Å². The van der Waals surface area contributed by atoms with E-state index < -0.39 is 10.0 Å². The van der Waals surface area contributed by atoms with Crippen molar-refractivity contribution < 1.29 is 13.5 Å². The number of sulfonamides is 1. The molecule has 0 unspecified atom stereocenters. The van der Waals surface area contributed by atoms with E-state index >= 15 is 0 Å². The zero-order valence-electron chi connectivity index (χ0n) is 8.90. The van der Waals surface area contributed by atoms with Crippen molar-refractivity contribution in [2.24, 2.45) is 7.05 Å². The van der Waals surface area contributed by atoms with Crippen LogP contribution in [-0.2, 0) is 17.1 Å². The highest BCUT2D eigenvalue weighted by molar-refractivity contribution is 7.92. The average Bonchev–Trinajstić information content (AvgIpc) is 2.69. The number of imidazole rings is 1. The van der Waals surface area contributed by atoms with Gasteiger partial charge in [0.15, 0.2) is 16.6 Å². The number of pyridine rings is 1. The molecule has 0 aliphatic rings. The Morgan fingerprint density at radius 3 is 2.76 bits per heavy atom. The van der Waals surface area contributed by atoms with Crippen LogP contribution in [0.5, 0.6) is 5.75 Å². The summed E-state index contributed by atoms with van der Waals surface area (Å²) in [6, 6.07) is 2.83.